The van der Waals surface area contributed by atoms with Gasteiger partial charge in [0, 0.05) is 6.07 Å². The number of carbonyl (C=O) groups excluding carboxylic acids is 1. The minimum Gasteiger partial charge on any atom is -0.478 e. The van der Waals surface area contributed by atoms with Crippen molar-refractivity contribution in [3.63, 3.8) is 0 Å². The van der Waals surface area contributed by atoms with Gasteiger partial charge in [0.25, 0.3) is 0 Å². The summed E-state index contributed by atoms with van der Waals surface area (Å²) in [7, 11) is 0. The summed E-state index contributed by atoms with van der Waals surface area (Å²) in [6.45, 7) is 2.23. The molecule has 0 spiro atoms. The van der Waals surface area contributed by atoms with E-state index < -0.39 is 23.8 Å². The minimum atomic E-state index is -0.687. The summed E-state index contributed by atoms with van der Waals surface area (Å²) < 4.78 is 43.6. The third kappa shape index (κ3) is 2.47. The lowest BCUT2D eigenvalue weighted by Crippen LogP contribution is -2.39. The number of halogens is 2. The first-order valence-corrected chi connectivity index (χ1v) is 7.52. The van der Waals surface area contributed by atoms with Crippen molar-refractivity contribution in [3.05, 3.63) is 41.3 Å². The quantitative estimate of drug-likeness (QED) is 0.837. The van der Waals surface area contributed by atoms with Gasteiger partial charge in [-0.3, -0.25) is 4.79 Å². The molecular formula is C16H14F2N2O4. The molecule has 6 nitrogen and oxygen atoms in total. The van der Waals surface area contributed by atoms with E-state index >= 15 is 0 Å². The topological polar surface area (TPSA) is 64.8 Å². The number of aromatic nitrogens is 1. The Hall–Kier alpha value is -2.64. The number of nitrogens with zero attached hydrogens (tertiary/aromatic N) is 2. The predicted molar refractivity (Wildman–Crippen MR) is 76.7 cm³/mol. The van der Waals surface area contributed by atoms with Crippen molar-refractivity contribution in [1.29, 1.82) is 0 Å². The number of rotatable bonds is 2. The lowest BCUT2D eigenvalue weighted by molar-refractivity contribution is -0.129. The number of fused-ring (bicyclic) bond motifs is 2. The van der Waals surface area contributed by atoms with Crippen molar-refractivity contribution in [2.24, 2.45) is 0 Å². The van der Waals surface area contributed by atoms with Gasteiger partial charge < -0.3 is 18.9 Å². The Morgan fingerprint density at radius 2 is 1.79 bits per heavy atom. The smallest absolute Gasteiger partial charge is 0.228 e. The molecule has 1 aromatic carbocycles. The van der Waals surface area contributed by atoms with Crippen LogP contribution in [0.2, 0.25) is 0 Å². The number of aryl methyl sites for hydroxylation is 1. The first kappa shape index (κ1) is 14.9. The van der Waals surface area contributed by atoms with E-state index in [1.807, 2.05) is 0 Å². The van der Waals surface area contributed by atoms with Gasteiger partial charge >= 0.3 is 0 Å². The molecule has 1 saturated heterocycles. The van der Waals surface area contributed by atoms with E-state index in [0.717, 1.165) is 12.1 Å². The average Bonchev–Trinajstić information content (AvgIpc) is 3.15. The zero-order valence-electron chi connectivity index (χ0n) is 12.8. The second-order valence-corrected chi connectivity index (χ2v) is 5.90. The third-order valence-electron chi connectivity index (χ3n) is 4.13. The van der Waals surface area contributed by atoms with Gasteiger partial charge in [-0.25, -0.2) is 8.78 Å². The third-order valence-corrected chi connectivity index (χ3v) is 4.13. The summed E-state index contributed by atoms with van der Waals surface area (Å²) >= 11 is 0. The normalized spacial score (nSPS) is 21.7. The number of hydrogen-bond donors (Lipinski definition) is 0. The van der Waals surface area contributed by atoms with E-state index in [2.05, 4.69) is 5.16 Å². The molecule has 1 fully saturated rings. The van der Waals surface area contributed by atoms with E-state index in [1.54, 1.807) is 17.9 Å². The van der Waals surface area contributed by atoms with Crippen LogP contribution in [0.5, 0.6) is 11.5 Å². The number of ether oxygens (including phenoxy) is 2. The highest BCUT2D eigenvalue weighted by atomic mass is 19.1. The van der Waals surface area contributed by atoms with E-state index in [9.17, 15) is 13.6 Å². The average molecular weight is 336 g/mol. The minimum absolute atomic E-state index is 0.0897. The molecular weight excluding hydrogens is 322 g/mol. The summed E-state index contributed by atoms with van der Waals surface area (Å²) in [5, 5.41) is 3.79. The molecule has 1 aromatic heterocycles. The molecule has 0 bridgehead atoms. The van der Waals surface area contributed by atoms with Gasteiger partial charge in [0.2, 0.25) is 17.4 Å². The number of amides is 1. The molecule has 24 heavy (non-hydrogen) atoms. The van der Waals surface area contributed by atoms with Crippen molar-refractivity contribution < 1.29 is 27.6 Å². The van der Waals surface area contributed by atoms with Gasteiger partial charge in [-0.15, -0.1) is 0 Å². The van der Waals surface area contributed by atoms with Crippen molar-refractivity contribution in [1.82, 2.24) is 10.1 Å². The van der Waals surface area contributed by atoms with Crippen LogP contribution in [0.3, 0.4) is 0 Å². The zero-order chi connectivity index (χ0) is 16.8. The van der Waals surface area contributed by atoms with Gasteiger partial charge in [-0.05, 0) is 19.1 Å². The zero-order valence-corrected chi connectivity index (χ0v) is 12.8. The molecule has 2 aliphatic rings. The molecule has 2 aromatic rings. The Morgan fingerprint density at radius 3 is 2.29 bits per heavy atom. The Morgan fingerprint density at radius 1 is 1.21 bits per heavy atom. The number of carbonyl (C=O) groups is 1. The van der Waals surface area contributed by atoms with Crippen LogP contribution in [0, 0.1) is 18.6 Å². The highest BCUT2D eigenvalue weighted by Crippen LogP contribution is 2.40. The van der Waals surface area contributed by atoms with E-state index in [1.165, 1.54) is 0 Å². The van der Waals surface area contributed by atoms with Crippen LogP contribution in [0.15, 0.2) is 22.7 Å². The van der Waals surface area contributed by atoms with E-state index in [-0.39, 0.29) is 36.9 Å². The van der Waals surface area contributed by atoms with Gasteiger partial charge in [-0.1, -0.05) is 5.16 Å². The maximum atomic E-state index is 13.8. The Kier molecular flexibility index (Phi) is 3.40. The Bertz CT molecular complexity index is 768. The van der Waals surface area contributed by atoms with Gasteiger partial charge in [0.05, 0.1) is 25.2 Å². The first-order chi connectivity index (χ1) is 11.5. The molecule has 4 rings (SSSR count). The maximum absolute atomic E-state index is 13.8. The summed E-state index contributed by atoms with van der Waals surface area (Å²) in [5.74, 6) is -1.40. The molecule has 2 aliphatic heterocycles. The van der Waals surface area contributed by atoms with Crippen LogP contribution in [-0.2, 0) is 11.2 Å². The summed E-state index contributed by atoms with van der Waals surface area (Å²) in [6.07, 6.45) is -0.972. The van der Waals surface area contributed by atoms with E-state index in [0.29, 0.717) is 11.5 Å². The highest BCUT2D eigenvalue weighted by molar-refractivity contribution is 5.78. The molecule has 0 radical (unpaired) electrons. The van der Waals surface area contributed by atoms with Crippen LogP contribution in [0.25, 0.3) is 0 Å². The fourth-order valence-corrected chi connectivity index (χ4v) is 2.98. The molecule has 8 heteroatoms. The molecule has 2 atom stereocenters. The number of likely N-dealkylation sites (tertiary alicyclic amines) is 1. The highest BCUT2D eigenvalue weighted by Gasteiger charge is 2.43. The van der Waals surface area contributed by atoms with Crippen molar-refractivity contribution in [3.8, 4) is 11.5 Å². The lowest BCUT2D eigenvalue weighted by atomic mass is 10.2. The molecule has 126 valence electrons. The predicted octanol–water partition coefficient (Wildman–Crippen LogP) is 1.85. The fourth-order valence-electron chi connectivity index (χ4n) is 2.98. The monoisotopic (exact) mass is 336 g/mol. The standard InChI is InChI=1S/C16H14F2N2O4/c1-8-4-9(19-24-8)5-14(21)20-6-12-13(7-20)23-16-11(18)3-2-10(17)15(16)22-12/h2-4,12-13H,5-7H2,1H3/t12-,13+. The Balaban J connectivity index is 1.48. The van der Waals surface area contributed by atoms with Crippen molar-refractivity contribution >= 4 is 5.91 Å². The van der Waals surface area contributed by atoms with Gasteiger partial charge in [0.1, 0.15) is 5.76 Å². The fraction of sp³-hybridized carbons (Fsp3) is 0.375. The van der Waals surface area contributed by atoms with E-state index in [4.69, 9.17) is 14.0 Å². The molecule has 0 aliphatic carbocycles. The van der Waals surface area contributed by atoms with Gasteiger partial charge in [-0.2, -0.15) is 0 Å². The largest absolute Gasteiger partial charge is 0.478 e. The second-order valence-electron chi connectivity index (χ2n) is 5.90. The lowest BCUT2D eigenvalue weighted by Gasteiger charge is -2.28. The number of hydrogen-bond acceptors (Lipinski definition) is 5. The second kappa shape index (κ2) is 5.47. The molecule has 0 saturated carbocycles. The van der Waals surface area contributed by atoms with Crippen LogP contribution >= 0.6 is 0 Å². The molecule has 3 heterocycles. The SMILES string of the molecule is Cc1cc(CC(=O)N2C[C@@H]3Oc4c(F)ccc(F)c4O[C@@H]3C2)no1. The summed E-state index contributed by atoms with van der Waals surface area (Å²) in [5.41, 5.74) is 0.537. The number of benzene rings is 1. The van der Waals surface area contributed by atoms with Gasteiger partial charge in [0.15, 0.2) is 23.8 Å². The molecule has 1 amide bonds. The maximum Gasteiger partial charge on any atom is 0.228 e. The van der Waals surface area contributed by atoms with Crippen LogP contribution in [0.1, 0.15) is 11.5 Å². The molecule has 0 unspecified atom stereocenters. The van der Waals surface area contributed by atoms with Crippen LogP contribution < -0.4 is 9.47 Å². The van der Waals surface area contributed by atoms with Crippen LogP contribution in [-0.4, -0.2) is 41.3 Å². The van der Waals surface area contributed by atoms with Crippen molar-refractivity contribution in [2.75, 3.05) is 13.1 Å². The summed E-state index contributed by atoms with van der Waals surface area (Å²) in [6, 6.07) is 3.67. The summed E-state index contributed by atoms with van der Waals surface area (Å²) in [4.78, 5) is 13.9. The molecule has 0 N–H and O–H groups in total. The van der Waals surface area contributed by atoms with Crippen LogP contribution in [0.4, 0.5) is 8.78 Å². The first-order valence-electron chi connectivity index (χ1n) is 7.52. The van der Waals surface area contributed by atoms with Crippen molar-refractivity contribution in [2.45, 2.75) is 25.6 Å². The Labute approximate surface area is 135 Å².